The fourth-order valence-corrected chi connectivity index (χ4v) is 5.34. The number of nitrogens with zero attached hydrogens (tertiary/aromatic N) is 2. The number of hydrogen-bond donors (Lipinski definition) is 0. The first kappa shape index (κ1) is 33.2. The molecule has 0 atom stereocenters. The van der Waals surface area contributed by atoms with Gasteiger partial charge < -0.3 is 9.80 Å². The van der Waals surface area contributed by atoms with Crippen LogP contribution < -0.4 is 0 Å². The summed E-state index contributed by atoms with van der Waals surface area (Å²) in [5, 5.41) is 0. The van der Waals surface area contributed by atoms with Gasteiger partial charge in [-0.05, 0) is 51.2 Å². The number of rotatable bonds is 26. The number of hydrogen-bond acceptors (Lipinski definition) is 2. The van der Waals surface area contributed by atoms with Crippen molar-refractivity contribution in [2.45, 2.75) is 155 Å². The lowest BCUT2D eigenvalue weighted by Crippen LogP contribution is -2.23. The second-order valence-electron chi connectivity index (χ2n) is 11.6. The van der Waals surface area contributed by atoms with Crippen LogP contribution in [0.1, 0.15) is 153 Å². The molecule has 0 saturated carbocycles. The highest BCUT2D eigenvalue weighted by atomic mass is 15.1. The summed E-state index contributed by atoms with van der Waals surface area (Å²) in [5.74, 6) is 0. The molecule has 0 saturated heterocycles. The molecule has 1 aromatic rings. The van der Waals surface area contributed by atoms with E-state index in [0.717, 1.165) is 13.1 Å². The molecule has 0 aliphatic rings. The monoisotopic (exact) mass is 501 g/mol. The lowest BCUT2D eigenvalue weighted by Gasteiger charge is -2.22. The third-order valence-corrected chi connectivity index (χ3v) is 7.79. The van der Waals surface area contributed by atoms with Crippen LogP contribution in [0.2, 0.25) is 0 Å². The van der Waals surface area contributed by atoms with Crippen molar-refractivity contribution < 1.29 is 0 Å². The van der Waals surface area contributed by atoms with E-state index in [0.29, 0.717) is 0 Å². The maximum atomic E-state index is 2.53. The zero-order valence-corrected chi connectivity index (χ0v) is 25.2. The van der Waals surface area contributed by atoms with E-state index in [2.05, 4.69) is 62.0 Å². The number of benzene rings is 1. The first-order valence-electron chi connectivity index (χ1n) is 16.1. The van der Waals surface area contributed by atoms with Crippen molar-refractivity contribution in [1.29, 1.82) is 0 Å². The Hall–Kier alpha value is -0.860. The van der Waals surface area contributed by atoms with Gasteiger partial charge in [0.15, 0.2) is 0 Å². The van der Waals surface area contributed by atoms with Crippen molar-refractivity contribution in [2.24, 2.45) is 0 Å². The summed E-state index contributed by atoms with van der Waals surface area (Å²) in [6.45, 7) is 9.21. The minimum atomic E-state index is 1.08. The van der Waals surface area contributed by atoms with E-state index in [1.807, 2.05) is 0 Å². The highest BCUT2D eigenvalue weighted by molar-refractivity contribution is 5.27. The van der Waals surface area contributed by atoms with Gasteiger partial charge in [0.25, 0.3) is 0 Å². The molecule has 0 bridgehead atoms. The molecular weight excluding hydrogens is 436 g/mol. The van der Waals surface area contributed by atoms with Gasteiger partial charge in [-0.3, -0.25) is 0 Å². The van der Waals surface area contributed by atoms with Crippen LogP contribution in [-0.2, 0) is 13.1 Å². The molecule has 0 aromatic heterocycles. The summed E-state index contributed by atoms with van der Waals surface area (Å²) in [6.07, 6.45) is 28.3. The van der Waals surface area contributed by atoms with Crippen LogP contribution in [0.4, 0.5) is 0 Å². The van der Waals surface area contributed by atoms with E-state index < -0.39 is 0 Å². The predicted molar refractivity (Wildman–Crippen MR) is 163 cm³/mol. The normalized spacial score (nSPS) is 11.7. The summed E-state index contributed by atoms with van der Waals surface area (Å²) in [5.41, 5.74) is 3.03. The molecule has 0 aliphatic heterocycles. The van der Waals surface area contributed by atoms with Gasteiger partial charge in [0.05, 0.1) is 0 Å². The molecule has 2 heteroatoms. The van der Waals surface area contributed by atoms with Crippen molar-refractivity contribution in [2.75, 3.05) is 27.2 Å². The Bertz CT molecular complexity index is 533. The average molecular weight is 501 g/mol. The highest BCUT2D eigenvalue weighted by Crippen LogP contribution is 2.16. The van der Waals surface area contributed by atoms with Crippen LogP contribution in [0.5, 0.6) is 0 Å². The van der Waals surface area contributed by atoms with E-state index in [-0.39, 0.29) is 0 Å². The van der Waals surface area contributed by atoms with Gasteiger partial charge in [-0.2, -0.15) is 0 Å². The lowest BCUT2D eigenvalue weighted by molar-refractivity contribution is 0.301. The molecule has 0 amide bonds. The summed E-state index contributed by atoms with van der Waals surface area (Å²) in [4.78, 5) is 5.07. The molecule has 1 rings (SSSR count). The van der Waals surface area contributed by atoms with Gasteiger partial charge in [-0.25, -0.2) is 0 Å². The van der Waals surface area contributed by atoms with E-state index in [4.69, 9.17) is 0 Å². The minimum Gasteiger partial charge on any atom is -0.302 e. The molecule has 0 fully saturated rings. The molecule has 1 aromatic carbocycles. The Morgan fingerprint density at radius 2 is 0.694 bits per heavy atom. The summed E-state index contributed by atoms with van der Waals surface area (Å²) in [6, 6.07) is 9.13. The van der Waals surface area contributed by atoms with Crippen LogP contribution >= 0.6 is 0 Å². The van der Waals surface area contributed by atoms with E-state index in [1.165, 1.54) is 153 Å². The standard InChI is InChI=1S/C34H64N2/c1-5-7-9-11-13-15-17-19-21-25-29-35(3)31-33-27-23-24-28-34(33)32-36(4)30-26-22-20-18-16-14-12-10-8-6-2/h23-24,27-28H,5-22,25-26,29-32H2,1-4H3. The zero-order chi connectivity index (χ0) is 26.1. The highest BCUT2D eigenvalue weighted by Gasteiger charge is 2.08. The van der Waals surface area contributed by atoms with Crippen LogP contribution in [0.3, 0.4) is 0 Å². The first-order chi connectivity index (χ1) is 17.7. The van der Waals surface area contributed by atoms with Gasteiger partial charge in [-0.1, -0.05) is 154 Å². The molecular formula is C34H64N2. The van der Waals surface area contributed by atoms with Crippen molar-refractivity contribution in [3.63, 3.8) is 0 Å². The van der Waals surface area contributed by atoms with Gasteiger partial charge in [0.2, 0.25) is 0 Å². The maximum absolute atomic E-state index is 2.53. The molecule has 0 radical (unpaired) electrons. The fourth-order valence-electron chi connectivity index (χ4n) is 5.34. The van der Waals surface area contributed by atoms with E-state index in [1.54, 1.807) is 0 Å². The molecule has 210 valence electrons. The predicted octanol–water partition coefficient (Wildman–Crippen LogP) is 10.4. The van der Waals surface area contributed by atoms with Crippen molar-refractivity contribution in [1.82, 2.24) is 9.80 Å². The van der Waals surface area contributed by atoms with Crippen molar-refractivity contribution in [3.8, 4) is 0 Å². The SMILES string of the molecule is CCCCCCCCCCCCN(C)Cc1ccccc1CN(C)CCCCCCCCCCCC. The second-order valence-corrected chi connectivity index (χ2v) is 11.6. The van der Waals surface area contributed by atoms with E-state index in [9.17, 15) is 0 Å². The maximum Gasteiger partial charge on any atom is 0.0233 e. The third-order valence-electron chi connectivity index (χ3n) is 7.79. The molecule has 0 unspecified atom stereocenters. The lowest BCUT2D eigenvalue weighted by atomic mass is 10.0. The summed E-state index contributed by atoms with van der Waals surface area (Å²) >= 11 is 0. The van der Waals surface area contributed by atoms with Crippen LogP contribution in [-0.4, -0.2) is 37.0 Å². The van der Waals surface area contributed by atoms with Crippen molar-refractivity contribution >= 4 is 0 Å². The molecule has 0 heterocycles. The van der Waals surface area contributed by atoms with Gasteiger partial charge >= 0.3 is 0 Å². The Balaban J connectivity index is 2.13. The van der Waals surface area contributed by atoms with Crippen LogP contribution in [0.25, 0.3) is 0 Å². The van der Waals surface area contributed by atoms with Gasteiger partial charge in [0.1, 0.15) is 0 Å². The molecule has 0 N–H and O–H groups in total. The first-order valence-corrected chi connectivity index (χ1v) is 16.1. The van der Waals surface area contributed by atoms with Crippen LogP contribution in [0, 0.1) is 0 Å². The molecule has 0 aliphatic carbocycles. The Morgan fingerprint density at radius 3 is 1.00 bits per heavy atom. The molecule has 36 heavy (non-hydrogen) atoms. The topological polar surface area (TPSA) is 6.48 Å². The molecule has 2 nitrogen and oxygen atoms in total. The number of unbranched alkanes of at least 4 members (excludes halogenated alkanes) is 18. The largest absolute Gasteiger partial charge is 0.302 e. The second kappa shape index (κ2) is 24.5. The van der Waals surface area contributed by atoms with Gasteiger partial charge in [-0.15, -0.1) is 0 Å². The average Bonchev–Trinajstić information content (AvgIpc) is 2.87. The quantitative estimate of drug-likeness (QED) is 0.117. The third kappa shape index (κ3) is 19.3. The Labute approximate surface area is 227 Å². The minimum absolute atomic E-state index is 1.08. The fraction of sp³-hybridized carbons (Fsp3) is 0.824. The summed E-state index contributed by atoms with van der Waals surface area (Å²) < 4.78 is 0. The Morgan fingerprint density at radius 1 is 0.417 bits per heavy atom. The van der Waals surface area contributed by atoms with E-state index >= 15 is 0 Å². The molecule has 0 spiro atoms. The van der Waals surface area contributed by atoms with Crippen LogP contribution in [0.15, 0.2) is 24.3 Å². The van der Waals surface area contributed by atoms with Gasteiger partial charge in [0, 0.05) is 13.1 Å². The van der Waals surface area contributed by atoms with Crippen molar-refractivity contribution in [3.05, 3.63) is 35.4 Å². The smallest absolute Gasteiger partial charge is 0.0233 e. The summed E-state index contributed by atoms with van der Waals surface area (Å²) in [7, 11) is 4.61. The Kier molecular flexibility index (Phi) is 22.6. The zero-order valence-electron chi connectivity index (χ0n) is 25.2.